The Balaban J connectivity index is 1.95. The van der Waals surface area contributed by atoms with Gasteiger partial charge in [-0.3, -0.25) is 4.79 Å². The van der Waals surface area contributed by atoms with E-state index in [1.165, 1.54) is 11.1 Å². The van der Waals surface area contributed by atoms with Gasteiger partial charge in [0.25, 0.3) is 0 Å². The lowest BCUT2D eigenvalue weighted by Gasteiger charge is -2.17. The van der Waals surface area contributed by atoms with E-state index in [4.69, 9.17) is 23.2 Å². The summed E-state index contributed by atoms with van der Waals surface area (Å²) in [6, 6.07) is 11.6. The van der Waals surface area contributed by atoms with E-state index in [-0.39, 0.29) is 11.9 Å². The Hall–Kier alpha value is -1.51. The first kappa shape index (κ1) is 17.8. The van der Waals surface area contributed by atoms with Crippen LogP contribution in [0.2, 0.25) is 10.0 Å². The highest BCUT2D eigenvalue weighted by Gasteiger charge is 2.12. The molecule has 0 radical (unpaired) electrons. The zero-order chi connectivity index (χ0) is 17.0. The standard InChI is InChI=1S/C19H21Cl2NO/c1-12-4-5-13(2)17(10-12)14(3)22-19(23)9-7-15-6-8-16(20)11-18(15)21/h4-6,8,10-11,14H,7,9H2,1-3H3,(H,22,23)/t14-/m0/s1. The maximum Gasteiger partial charge on any atom is 0.220 e. The van der Waals surface area contributed by atoms with Gasteiger partial charge in [-0.15, -0.1) is 0 Å². The van der Waals surface area contributed by atoms with Gasteiger partial charge in [0.05, 0.1) is 6.04 Å². The molecular formula is C19H21Cl2NO. The molecule has 1 amide bonds. The minimum atomic E-state index is -0.0110. The van der Waals surface area contributed by atoms with Gasteiger partial charge in [-0.25, -0.2) is 0 Å². The van der Waals surface area contributed by atoms with Crippen molar-refractivity contribution < 1.29 is 4.79 Å². The Kier molecular flexibility index (Phi) is 6.09. The fourth-order valence-corrected chi connectivity index (χ4v) is 3.09. The third kappa shape index (κ3) is 4.98. The van der Waals surface area contributed by atoms with Crippen molar-refractivity contribution in [2.24, 2.45) is 0 Å². The van der Waals surface area contributed by atoms with Crippen LogP contribution in [0, 0.1) is 13.8 Å². The molecule has 0 bridgehead atoms. The van der Waals surface area contributed by atoms with Gasteiger partial charge in [0.1, 0.15) is 0 Å². The van der Waals surface area contributed by atoms with Crippen LogP contribution < -0.4 is 5.32 Å². The number of hydrogen-bond acceptors (Lipinski definition) is 1. The van der Waals surface area contributed by atoms with Gasteiger partial charge in [0, 0.05) is 16.5 Å². The van der Waals surface area contributed by atoms with Crippen molar-refractivity contribution in [2.75, 3.05) is 0 Å². The van der Waals surface area contributed by atoms with Gasteiger partial charge in [0.2, 0.25) is 5.91 Å². The Morgan fingerprint density at radius 3 is 2.57 bits per heavy atom. The molecule has 0 aliphatic rings. The molecule has 0 aliphatic heterocycles. The molecule has 0 fully saturated rings. The van der Waals surface area contributed by atoms with Crippen LogP contribution in [0.5, 0.6) is 0 Å². The van der Waals surface area contributed by atoms with Gasteiger partial charge in [0.15, 0.2) is 0 Å². The fraction of sp³-hybridized carbons (Fsp3) is 0.316. The minimum absolute atomic E-state index is 0.0110. The molecule has 0 heterocycles. The summed E-state index contributed by atoms with van der Waals surface area (Å²) in [5.41, 5.74) is 4.47. The molecule has 23 heavy (non-hydrogen) atoms. The van der Waals surface area contributed by atoms with Crippen molar-refractivity contribution in [3.05, 3.63) is 68.7 Å². The van der Waals surface area contributed by atoms with Gasteiger partial charge in [-0.1, -0.05) is 53.0 Å². The van der Waals surface area contributed by atoms with Crippen molar-refractivity contribution in [3.63, 3.8) is 0 Å². The van der Waals surface area contributed by atoms with E-state index in [1.54, 1.807) is 12.1 Å². The van der Waals surface area contributed by atoms with E-state index in [1.807, 2.05) is 13.0 Å². The molecule has 0 saturated carbocycles. The van der Waals surface area contributed by atoms with Crippen LogP contribution in [-0.2, 0) is 11.2 Å². The average Bonchev–Trinajstić information content (AvgIpc) is 2.48. The summed E-state index contributed by atoms with van der Waals surface area (Å²) in [6.07, 6.45) is 0.998. The first-order valence-corrected chi connectivity index (χ1v) is 8.43. The second-order valence-corrected chi connectivity index (χ2v) is 6.73. The quantitative estimate of drug-likeness (QED) is 0.766. The molecule has 2 aromatic carbocycles. The van der Waals surface area contributed by atoms with E-state index in [0.717, 1.165) is 11.1 Å². The van der Waals surface area contributed by atoms with Crippen LogP contribution >= 0.6 is 23.2 Å². The molecule has 0 saturated heterocycles. The molecule has 2 rings (SSSR count). The first-order valence-electron chi connectivity index (χ1n) is 7.67. The molecule has 122 valence electrons. The Morgan fingerprint density at radius 1 is 1.13 bits per heavy atom. The molecule has 2 aromatic rings. The van der Waals surface area contributed by atoms with Crippen molar-refractivity contribution in [2.45, 2.75) is 39.7 Å². The van der Waals surface area contributed by atoms with Crippen LogP contribution in [0.25, 0.3) is 0 Å². The second-order valence-electron chi connectivity index (χ2n) is 5.88. The highest BCUT2D eigenvalue weighted by molar-refractivity contribution is 6.35. The number of hydrogen-bond donors (Lipinski definition) is 1. The summed E-state index contributed by atoms with van der Waals surface area (Å²) in [5, 5.41) is 4.27. The summed E-state index contributed by atoms with van der Waals surface area (Å²) in [6.45, 7) is 6.12. The number of carbonyl (C=O) groups is 1. The Morgan fingerprint density at radius 2 is 1.87 bits per heavy atom. The van der Waals surface area contributed by atoms with E-state index in [9.17, 15) is 4.79 Å². The fourth-order valence-electron chi connectivity index (χ4n) is 2.59. The normalized spacial score (nSPS) is 12.0. The molecule has 0 spiro atoms. The van der Waals surface area contributed by atoms with Crippen molar-refractivity contribution in [1.29, 1.82) is 0 Å². The third-order valence-corrected chi connectivity index (χ3v) is 4.50. The van der Waals surface area contributed by atoms with Crippen molar-refractivity contribution in [1.82, 2.24) is 5.32 Å². The summed E-state index contributed by atoms with van der Waals surface area (Å²) in [4.78, 5) is 12.2. The highest BCUT2D eigenvalue weighted by Crippen LogP contribution is 2.23. The minimum Gasteiger partial charge on any atom is -0.350 e. The molecule has 1 atom stereocenters. The molecule has 0 unspecified atom stereocenters. The van der Waals surface area contributed by atoms with Gasteiger partial charge >= 0.3 is 0 Å². The summed E-state index contributed by atoms with van der Waals surface area (Å²) in [7, 11) is 0. The molecule has 0 aromatic heterocycles. The highest BCUT2D eigenvalue weighted by atomic mass is 35.5. The largest absolute Gasteiger partial charge is 0.350 e. The Labute approximate surface area is 147 Å². The van der Waals surface area contributed by atoms with E-state index in [0.29, 0.717) is 22.9 Å². The lowest BCUT2D eigenvalue weighted by molar-refractivity contribution is -0.121. The van der Waals surface area contributed by atoms with E-state index in [2.05, 4.69) is 37.4 Å². The van der Waals surface area contributed by atoms with Gasteiger partial charge in [-0.2, -0.15) is 0 Å². The van der Waals surface area contributed by atoms with E-state index < -0.39 is 0 Å². The number of rotatable bonds is 5. The Bertz CT molecular complexity index is 713. The van der Waals surface area contributed by atoms with Crippen LogP contribution in [0.3, 0.4) is 0 Å². The zero-order valence-corrected chi connectivity index (χ0v) is 15.1. The maximum absolute atomic E-state index is 12.2. The molecule has 4 heteroatoms. The number of carbonyl (C=O) groups excluding carboxylic acids is 1. The van der Waals surface area contributed by atoms with Gasteiger partial charge < -0.3 is 5.32 Å². The van der Waals surface area contributed by atoms with Crippen LogP contribution in [0.1, 0.15) is 41.6 Å². The predicted molar refractivity (Wildman–Crippen MR) is 97.3 cm³/mol. The SMILES string of the molecule is Cc1ccc(C)c([C@H](C)NC(=O)CCc2ccc(Cl)cc2Cl)c1. The lowest BCUT2D eigenvalue weighted by atomic mass is 10.00. The zero-order valence-electron chi connectivity index (χ0n) is 13.6. The molecule has 1 N–H and O–H groups in total. The third-order valence-electron chi connectivity index (χ3n) is 3.92. The molecule has 0 aliphatic carbocycles. The van der Waals surface area contributed by atoms with Crippen molar-refractivity contribution >= 4 is 29.1 Å². The van der Waals surface area contributed by atoms with Crippen LogP contribution in [-0.4, -0.2) is 5.91 Å². The summed E-state index contributed by atoms with van der Waals surface area (Å²) in [5.74, 6) is 0.0180. The van der Waals surface area contributed by atoms with Crippen LogP contribution in [0.15, 0.2) is 36.4 Å². The number of halogens is 2. The van der Waals surface area contributed by atoms with Gasteiger partial charge in [-0.05, 0) is 56.0 Å². The first-order chi connectivity index (χ1) is 10.9. The molecule has 2 nitrogen and oxygen atoms in total. The predicted octanol–water partition coefficient (Wildman–Crippen LogP) is 5.42. The topological polar surface area (TPSA) is 29.1 Å². The molecular weight excluding hydrogens is 329 g/mol. The number of aryl methyl sites for hydroxylation is 3. The smallest absolute Gasteiger partial charge is 0.220 e. The second kappa shape index (κ2) is 7.85. The van der Waals surface area contributed by atoms with Crippen LogP contribution in [0.4, 0.5) is 0 Å². The monoisotopic (exact) mass is 349 g/mol. The number of benzene rings is 2. The number of amides is 1. The van der Waals surface area contributed by atoms with E-state index >= 15 is 0 Å². The lowest BCUT2D eigenvalue weighted by Crippen LogP contribution is -2.27. The number of nitrogens with one attached hydrogen (secondary N) is 1. The summed E-state index contributed by atoms with van der Waals surface area (Å²) >= 11 is 12.0. The van der Waals surface area contributed by atoms with Crippen molar-refractivity contribution in [3.8, 4) is 0 Å². The summed E-state index contributed by atoms with van der Waals surface area (Å²) < 4.78 is 0. The average molecular weight is 350 g/mol. The maximum atomic E-state index is 12.2.